The minimum Gasteiger partial charge on any atom is -0.370 e. The SMILES string of the molecule is CC[C@@]1(CC[C@H](N)c2cc(CCNC(=N)N)on2)CCC(=O)C1. The summed E-state index contributed by atoms with van der Waals surface area (Å²) in [5, 5.41) is 13.9. The Balaban J connectivity index is 1.83. The van der Waals surface area contributed by atoms with Gasteiger partial charge in [0.2, 0.25) is 0 Å². The first-order valence-corrected chi connectivity index (χ1v) is 8.25. The number of carbonyl (C=O) groups excluding carboxylic acids is 1. The van der Waals surface area contributed by atoms with Gasteiger partial charge in [-0.15, -0.1) is 0 Å². The highest BCUT2D eigenvalue weighted by Crippen LogP contribution is 2.44. The molecule has 23 heavy (non-hydrogen) atoms. The molecule has 1 aliphatic rings. The van der Waals surface area contributed by atoms with Crippen molar-refractivity contribution in [2.75, 3.05) is 6.54 Å². The summed E-state index contributed by atoms with van der Waals surface area (Å²) in [7, 11) is 0. The number of hydrogen-bond acceptors (Lipinski definition) is 5. The van der Waals surface area contributed by atoms with Crippen LogP contribution in [0, 0.1) is 10.8 Å². The zero-order valence-corrected chi connectivity index (χ0v) is 13.7. The van der Waals surface area contributed by atoms with Gasteiger partial charge >= 0.3 is 0 Å². The molecule has 6 N–H and O–H groups in total. The molecule has 2 rings (SSSR count). The number of aromatic nitrogens is 1. The van der Waals surface area contributed by atoms with Gasteiger partial charge in [-0.05, 0) is 24.7 Å². The lowest BCUT2D eigenvalue weighted by Gasteiger charge is -2.27. The van der Waals surface area contributed by atoms with Crippen molar-refractivity contribution in [2.45, 2.75) is 57.9 Å². The van der Waals surface area contributed by atoms with Crippen LogP contribution in [0.25, 0.3) is 0 Å². The number of rotatable bonds is 8. The lowest BCUT2D eigenvalue weighted by molar-refractivity contribution is -0.118. The molecule has 2 atom stereocenters. The predicted octanol–water partition coefficient (Wildman–Crippen LogP) is 1.63. The molecule has 1 saturated carbocycles. The summed E-state index contributed by atoms with van der Waals surface area (Å²) in [5.41, 5.74) is 12.3. The Morgan fingerprint density at radius 1 is 1.61 bits per heavy atom. The molecule has 1 aromatic rings. The lowest BCUT2D eigenvalue weighted by atomic mass is 9.78. The fraction of sp³-hybridized carbons (Fsp3) is 0.688. The molecule has 7 heteroatoms. The number of carbonyl (C=O) groups is 1. The average Bonchev–Trinajstić information content (AvgIpc) is 3.12. The van der Waals surface area contributed by atoms with Crippen LogP contribution < -0.4 is 16.8 Å². The van der Waals surface area contributed by atoms with Crippen LogP contribution >= 0.6 is 0 Å². The summed E-state index contributed by atoms with van der Waals surface area (Å²) in [4.78, 5) is 11.6. The molecule has 0 spiro atoms. The highest BCUT2D eigenvalue weighted by atomic mass is 16.5. The van der Waals surface area contributed by atoms with Gasteiger partial charge in [-0.25, -0.2) is 0 Å². The van der Waals surface area contributed by atoms with Crippen LogP contribution in [0.5, 0.6) is 0 Å². The summed E-state index contributed by atoms with van der Waals surface area (Å²) in [5.74, 6) is 1.05. The van der Waals surface area contributed by atoms with Crippen LogP contribution in [0.2, 0.25) is 0 Å². The maximum atomic E-state index is 11.6. The van der Waals surface area contributed by atoms with Crippen molar-refractivity contribution >= 4 is 11.7 Å². The number of ketones is 1. The minimum absolute atomic E-state index is 0.0579. The predicted molar refractivity (Wildman–Crippen MR) is 87.9 cm³/mol. The molecule has 7 nitrogen and oxygen atoms in total. The molecule has 0 unspecified atom stereocenters. The largest absolute Gasteiger partial charge is 0.370 e. The third kappa shape index (κ3) is 4.79. The number of nitrogens with two attached hydrogens (primary N) is 2. The molecule has 0 bridgehead atoms. The summed E-state index contributed by atoms with van der Waals surface area (Å²) < 4.78 is 5.27. The average molecular weight is 321 g/mol. The lowest BCUT2D eigenvalue weighted by Crippen LogP contribution is -2.31. The van der Waals surface area contributed by atoms with E-state index in [-0.39, 0.29) is 17.4 Å². The number of nitrogens with one attached hydrogen (secondary N) is 2. The van der Waals surface area contributed by atoms with Gasteiger partial charge in [0.05, 0.1) is 6.04 Å². The molecule has 0 aromatic carbocycles. The first-order valence-electron chi connectivity index (χ1n) is 8.25. The van der Waals surface area contributed by atoms with E-state index >= 15 is 0 Å². The van der Waals surface area contributed by atoms with E-state index in [1.165, 1.54) is 0 Å². The van der Waals surface area contributed by atoms with Gasteiger partial charge in [-0.1, -0.05) is 18.5 Å². The van der Waals surface area contributed by atoms with Crippen LogP contribution in [0.4, 0.5) is 0 Å². The van der Waals surface area contributed by atoms with E-state index in [2.05, 4.69) is 17.4 Å². The number of nitrogens with zero attached hydrogens (tertiary/aromatic N) is 1. The van der Waals surface area contributed by atoms with E-state index in [1.807, 2.05) is 6.07 Å². The van der Waals surface area contributed by atoms with Gasteiger partial charge in [0.15, 0.2) is 5.96 Å². The van der Waals surface area contributed by atoms with Crippen molar-refractivity contribution in [3.63, 3.8) is 0 Å². The van der Waals surface area contributed by atoms with Gasteiger partial charge in [0.1, 0.15) is 17.2 Å². The second kappa shape index (κ2) is 7.59. The highest BCUT2D eigenvalue weighted by Gasteiger charge is 2.36. The van der Waals surface area contributed by atoms with Gasteiger partial charge in [0, 0.05) is 31.9 Å². The van der Waals surface area contributed by atoms with Crippen LogP contribution in [0.1, 0.15) is 62.9 Å². The molecule has 1 heterocycles. The fourth-order valence-corrected chi connectivity index (χ4v) is 3.24. The molecular formula is C16H27N5O2. The van der Waals surface area contributed by atoms with Crippen molar-refractivity contribution in [1.29, 1.82) is 5.41 Å². The Kier molecular flexibility index (Phi) is 5.76. The van der Waals surface area contributed by atoms with Crippen LogP contribution in [-0.4, -0.2) is 23.4 Å². The Labute approximate surface area is 136 Å². The molecular weight excluding hydrogens is 294 g/mol. The van der Waals surface area contributed by atoms with Gasteiger partial charge < -0.3 is 21.3 Å². The highest BCUT2D eigenvalue weighted by molar-refractivity contribution is 5.81. The van der Waals surface area contributed by atoms with Crippen molar-refractivity contribution in [3.05, 3.63) is 17.5 Å². The van der Waals surface area contributed by atoms with Gasteiger partial charge in [-0.3, -0.25) is 10.2 Å². The van der Waals surface area contributed by atoms with Crippen molar-refractivity contribution in [3.8, 4) is 0 Å². The zero-order chi connectivity index (χ0) is 16.9. The van der Waals surface area contributed by atoms with E-state index in [9.17, 15) is 4.79 Å². The molecule has 1 aliphatic carbocycles. The summed E-state index contributed by atoms with van der Waals surface area (Å²) in [6, 6.07) is 1.69. The second-order valence-corrected chi connectivity index (χ2v) is 6.52. The molecule has 0 aliphatic heterocycles. The molecule has 0 saturated heterocycles. The first kappa shape index (κ1) is 17.5. The smallest absolute Gasteiger partial charge is 0.185 e. The standard InChI is InChI=1S/C16H27N5O2/c1-2-16(6-3-11(22)10-16)7-4-13(17)14-9-12(23-21-14)5-8-20-15(18)19/h9,13H,2-8,10,17H2,1H3,(H4,18,19,20)/t13-,16-/m0/s1. The van der Waals surface area contributed by atoms with Crippen LogP contribution in [-0.2, 0) is 11.2 Å². The molecule has 0 radical (unpaired) electrons. The Morgan fingerprint density at radius 2 is 2.39 bits per heavy atom. The monoisotopic (exact) mass is 321 g/mol. The Morgan fingerprint density at radius 3 is 3.00 bits per heavy atom. The van der Waals surface area contributed by atoms with Crippen molar-refractivity contribution < 1.29 is 9.32 Å². The zero-order valence-electron chi connectivity index (χ0n) is 13.7. The van der Waals surface area contributed by atoms with E-state index in [0.29, 0.717) is 31.6 Å². The fourth-order valence-electron chi connectivity index (χ4n) is 3.24. The first-order chi connectivity index (χ1) is 10.9. The third-order valence-electron chi connectivity index (χ3n) is 4.89. The number of guanidine groups is 1. The number of hydrogen-bond donors (Lipinski definition) is 4. The van der Waals surface area contributed by atoms with E-state index in [0.717, 1.165) is 37.1 Å². The summed E-state index contributed by atoms with van der Waals surface area (Å²) in [6.45, 7) is 2.68. The van der Waals surface area contributed by atoms with E-state index < -0.39 is 0 Å². The normalized spacial score (nSPS) is 22.3. The number of Topliss-reactive ketones (excluding diaryl/α,β-unsaturated/α-hetero) is 1. The minimum atomic E-state index is -0.174. The van der Waals surface area contributed by atoms with Crippen LogP contribution in [0.15, 0.2) is 10.6 Å². The molecule has 1 aromatic heterocycles. The quantitative estimate of drug-likeness (QED) is 0.425. The summed E-state index contributed by atoms with van der Waals surface area (Å²) >= 11 is 0. The van der Waals surface area contributed by atoms with Crippen molar-refractivity contribution in [1.82, 2.24) is 10.5 Å². The summed E-state index contributed by atoms with van der Waals surface area (Å²) in [6.07, 6.45) is 5.76. The molecule has 0 amide bonds. The Hall–Kier alpha value is -1.89. The topological polar surface area (TPSA) is 131 Å². The second-order valence-electron chi connectivity index (χ2n) is 6.52. The van der Waals surface area contributed by atoms with E-state index in [4.69, 9.17) is 21.4 Å². The van der Waals surface area contributed by atoms with Gasteiger partial charge in [0.25, 0.3) is 0 Å². The molecule has 1 fully saturated rings. The maximum Gasteiger partial charge on any atom is 0.185 e. The molecule has 128 valence electrons. The maximum absolute atomic E-state index is 11.6. The third-order valence-corrected chi connectivity index (χ3v) is 4.89. The van der Waals surface area contributed by atoms with Crippen molar-refractivity contribution in [2.24, 2.45) is 16.9 Å². The van der Waals surface area contributed by atoms with E-state index in [1.54, 1.807) is 0 Å². The van der Waals surface area contributed by atoms with Gasteiger partial charge in [-0.2, -0.15) is 0 Å². The Bertz CT molecular complexity index is 556. The van der Waals surface area contributed by atoms with Crippen LogP contribution in [0.3, 0.4) is 0 Å².